The lowest BCUT2D eigenvalue weighted by Gasteiger charge is -2.30. The largest absolute Gasteiger partial charge is 0.486 e. The quantitative estimate of drug-likeness (QED) is 0.741. The maximum absolute atomic E-state index is 14.0. The van der Waals surface area contributed by atoms with Crippen LogP contribution in [0, 0.1) is 17.5 Å². The van der Waals surface area contributed by atoms with Gasteiger partial charge in [-0.15, -0.1) is 0 Å². The number of ether oxygens (including phenoxy) is 2. The van der Waals surface area contributed by atoms with Gasteiger partial charge < -0.3 is 9.47 Å². The third-order valence-corrected chi connectivity index (χ3v) is 5.90. The number of hydrogen-bond acceptors (Lipinski definition) is 4. The van der Waals surface area contributed by atoms with Crippen LogP contribution in [0.2, 0.25) is 0 Å². The van der Waals surface area contributed by atoms with E-state index in [1.54, 1.807) is 31.2 Å². The normalized spacial score (nSPS) is 16.7. The Hall–Kier alpha value is -2.26. The van der Waals surface area contributed by atoms with Crippen LogP contribution in [-0.2, 0) is 10.0 Å². The van der Waals surface area contributed by atoms with Crippen molar-refractivity contribution in [2.24, 2.45) is 0 Å². The fourth-order valence-corrected chi connectivity index (χ4v) is 4.16. The summed E-state index contributed by atoms with van der Waals surface area (Å²) in [6, 6.07) is 8.21. The predicted octanol–water partition coefficient (Wildman–Crippen LogP) is 2.95. The van der Waals surface area contributed by atoms with Gasteiger partial charge in [0.1, 0.15) is 17.6 Å². The third kappa shape index (κ3) is 3.36. The highest BCUT2D eigenvalue weighted by Crippen LogP contribution is 2.31. The number of para-hydroxylation sites is 2. The van der Waals surface area contributed by atoms with Crippen molar-refractivity contribution in [1.29, 1.82) is 0 Å². The Balaban J connectivity index is 1.84. The van der Waals surface area contributed by atoms with E-state index in [1.165, 1.54) is 0 Å². The fraction of sp³-hybridized carbons (Fsp3) is 0.294. The standard InChI is InChI=1S/C17H16F3NO4S/c1-2-21(9-11-10-24-13-5-3-4-6-14(13)25-11)26(22,23)15-8-7-12(18)16(19)17(15)20/h3-8,11H,2,9-10H2,1H3. The van der Waals surface area contributed by atoms with Crippen LogP contribution in [0.5, 0.6) is 11.5 Å². The topological polar surface area (TPSA) is 55.8 Å². The van der Waals surface area contributed by atoms with E-state index in [2.05, 4.69) is 0 Å². The molecule has 2 aromatic rings. The van der Waals surface area contributed by atoms with Crippen LogP contribution in [0.25, 0.3) is 0 Å². The van der Waals surface area contributed by atoms with Gasteiger partial charge in [0, 0.05) is 6.54 Å². The Morgan fingerprint density at radius 2 is 1.77 bits per heavy atom. The zero-order valence-electron chi connectivity index (χ0n) is 13.8. The molecule has 1 atom stereocenters. The van der Waals surface area contributed by atoms with Crippen LogP contribution in [0.1, 0.15) is 6.92 Å². The molecule has 0 amide bonds. The van der Waals surface area contributed by atoms with Crippen molar-refractivity contribution in [3.63, 3.8) is 0 Å². The van der Waals surface area contributed by atoms with Gasteiger partial charge in [-0.05, 0) is 24.3 Å². The van der Waals surface area contributed by atoms with E-state index in [9.17, 15) is 21.6 Å². The van der Waals surface area contributed by atoms with Crippen LogP contribution in [0.4, 0.5) is 13.2 Å². The van der Waals surface area contributed by atoms with E-state index < -0.39 is 38.5 Å². The molecular formula is C17H16F3NO4S. The van der Waals surface area contributed by atoms with Gasteiger partial charge in [0.2, 0.25) is 10.0 Å². The van der Waals surface area contributed by atoms with Gasteiger partial charge in [-0.1, -0.05) is 19.1 Å². The van der Waals surface area contributed by atoms with Crippen molar-refractivity contribution < 1.29 is 31.1 Å². The summed E-state index contributed by atoms with van der Waals surface area (Å²) in [5.74, 6) is -4.01. The smallest absolute Gasteiger partial charge is 0.246 e. The summed E-state index contributed by atoms with van der Waals surface area (Å²) in [6.45, 7) is 1.50. The van der Waals surface area contributed by atoms with Gasteiger partial charge in [-0.25, -0.2) is 21.6 Å². The number of halogens is 3. The second-order valence-corrected chi connectivity index (χ2v) is 7.53. The second kappa shape index (κ2) is 7.16. The maximum Gasteiger partial charge on any atom is 0.246 e. The first kappa shape index (κ1) is 18.5. The zero-order chi connectivity index (χ0) is 18.9. The number of nitrogens with zero attached hydrogens (tertiary/aromatic N) is 1. The highest BCUT2D eigenvalue weighted by molar-refractivity contribution is 7.89. The molecule has 0 fully saturated rings. The third-order valence-electron chi connectivity index (χ3n) is 3.95. The lowest BCUT2D eigenvalue weighted by atomic mass is 10.2. The van der Waals surface area contributed by atoms with Crippen molar-refractivity contribution in [2.45, 2.75) is 17.9 Å². The van der Waals surface area contributed by atoms with E-state index in [-0.39, 0.29) is 19.7 Å². The molecule has 9 heteroatoms. The Labute approximate surface area is 149 Å². The van der Waals surface area contributed by atoms with E-state index >= 15 is 0 Å². The Kier molecular flexibility index (Phi) is 5.10. The van der Waals surface area contributed by atoms with Crippen LogP contribution >= 0.6 is 0 Å². The molecule has 0 saturated carbocycles. The molecule has 2 aromatic carbocycles. The summed E-state index contributed by atoms with van der Waals surface area (Å²) >= 11 is 0. The molecule has 140 valence electrons. The van der Waals surface area contributed by atoms with E-state index in [0.717, 1.165) is 4.31 Å². The highest BCUT2D eigenvalue weighted by Gasteiger charge is 2.32. The lowest BCUT2D eigenvalue weighted by molar-refractivity contribution is 0.0771. The lowest BCUT2D eigenvalue weighted by Crippen LogP contribution is -2.43. The molecule has 1 heterocycles. The van der Waals surface area contributed by atoms with Gasteiger partial charge in [0.05, 0.1) is 6.54 Å². The number of fused-ring (bicyclic) bond motifs is 1. The molecule has 0 spiro atoms. The molecule has 1 aliphatic rings. The summed E-state index contributed by atoms with van der Waals surface area (Å²) in [6.07, 6.45) is -0.631. The first-order chi connectivity index (χ1) is 12.3. The van der Waals surface area contributed by atoms with E-state index in [0.29, 0.717) is 23.6 Å². The van der Waals surface area contributed by atoms with Crippen LogP contribution < -0.4 is 9.47 Å². The zero-order valence-corrected chi connectivity index (χ0v) is 14.6. The minimum Gasteiger partial charge on any atom is -0.486 e. The molecule has 0 aromatic heterocycles. The van der Waals surface area contributed by atoms with Gasteiger partial charge >= 0.3 is 0 Å². The van der Waals surface area contributed by atoms with Gasteiger partial charge in [0.15, 0.2) is 29.0 Å². The molecule has 0 radical (unpaired) electrons. The summed E-state index contributed by atoms with van der Waals surface area (Å²) < 4.78 is 78.0. The second-order valence-electron chi connectivity index (χ2n) is 5.63. The molecule has 0 saturated heterocycles. The molecule has 26 heavy (non-hydrogen) atoms. The summed E-state index contributed by atoms with van der Waals surface area (Å²) in [4.78, 5) is -0.921. The monoisotopic (exact) mass is 387 g/mol. The van der Waals surface area contributed by atoms with Crippen LogP contribution in [-0.4, -0.2) is 38.5 Å². The molecule has 5 nitrogen and oxygen atoms in total. The average molecular weight is 387 g/mol. The van der Waals surface area contributed by atoms with Gasteiger partial charge in [-0.3, -0.25) is 0 Å². The first-order valence-corrected chi connectivity index (χ1v) is 9.30. The van der Waals surface area contributed by atoms with Gasteiger partial charge in [-0.2, -0.15) is 4.31 Å². The van der Waals surface area contributed by atoms with E-state index in [4.69, 9.17) is 9.47 Å². The maximum atomic E-state index is 14.0. The Morgan fingerprint density at radius 3 is 2.46 bits per heavy atom. The molecule has 3 rings (SSSR count). The average Bonchev–Trinajstić information content (AvgIpc) is 2.63. The molecule has 0 aliphatic carbocycles. The highest BCUT2D eigenvalue weighted by atomic mass is 32.2. The predicted molar refractivity (Wildman–Crippen MR) is 87.1 cm³/mol. The first-order valence-electron chi connectivity index (χ1n) is 7.86. The molecule has 0 N–H and O–H groups in total. The van der Waals surface area contributed by atoms with E-state index in [1.807, 2.05) is 0 Å². The van der Waals surface area contributed by atoms with Crippen molar-refractivity contribution in [3.8, 4) is 11.5 Å². The Bertz CT molecular complexity index is 920. The van der Waals surface area contributed by atoms with Crippen LogP contribution in [0.15, 0.2) is 41.3 Å². The Morgan fingerprint density at radius 1 is 1.08 bits per heavy atom. The van der Waals surface area contributed by atoms with Crippen molar-refractivity contribution >= 4 is 10.0 Å². The summed E-state index contributed by atoms with van der Waals surface area (Å²) in [5.41, 5.74) is 0. The summed E-state index contributed by atoms with van der Waals surface area (Å²) in [7, 11) is -4.38. The molecular weight excluding hydrogens is 371 g/mol. The number of sulfonamides is 1. The SMILES string of the molecule is CCN(CC1COc2ccccc2O1)S(=O)(=O)c1ccc(F)c(F)c1F. The fourth-order valence-electron chi connectivity index (χ4n) is 2.62. The van der Waals surface area contributed by atoms with Crippen molar-refractivity contribution in [2.75, 3.05) is 19.7 Å². The number of hydrogen-bond donors (Lipinski definition) is 0. The van der Waals surface area contributed by atoms with Crippen molar-refractivity contribution in [3.05, 3.63) is 53.8 Å². The van der Waals surface area contributed by atoms with Gasteiger partial charge in [0.25, 0.3) is 0 Å². The van der Waals surface area contributed by atoms with Crippen LogP contribution in [0.3, 0.4) is 0 Å². The molecule has 1 unspecified atom stereocenters. The molecule has 1 aliphatic heterocycles. The number of likely N-dealkylation sites (N-methyl/N-ethyl adjacent to an activating group) is 1. The number of benzene rings is 2. The minimum atomic E-state index is -4.38. The molecule has 0 bridgehead atoms. The summed E-state index contributed by atoms with van der Waals surface area (Å²) in [5, 5.41) is 0. The number of rotatable bonds is 5. The minimum absolute atomic E-state index is 0.0116. The van der Waals surface area contributed by atoms with Crippen molar-refractivity contribution in [1.82, 2.24) is 4.31 Å².